The zero-order valence-electron chi connectivity index (χ0n) is 8.77. The predicted octanol–water partition coefficient (Wildman–Crippen LogP) is 2.35. The van der Waals surface area contributed by atoms with Crippen molar-refractivity contribution >= 4 is 0 Å². The van der Waals surface area contributed by atoms with Crippen LogP contribution in [0, 0.1) is 5.82 Å². The number of hydrogen-bond donors (Lipinski definition) is 0. The second kappa shape index (κ2) is 4.44. The van der Waals surface area contributed by atoms with Crippen LogP contribution in [0.3, 0.4) is 0 Å². The van der Waals surface area contributed by atoms with Gasteiger partial charge >= 0.3 is 0 Å². The zero-order valence-corrected chi connectivity index (χ0v) is 8.77. The highest BCUT2D eigenvalue weighted by molar-refractivity contribution is 5.36. The Balaban J connectivity index is 2.48. The minimum absolute atomic E-state index is 0.161. The van der Waals surface area contributed by atoms with Crippen molar-refractivity contribution in [1.29, 1.82) is 0 Å². The Hall–Kier alpha value is -2.05. The molecular formula is C10H8F3N3O. The molecule has 2 rings (SSSR count). The molecule has 0 amide bonds. The molecule has 0 saturated heterocycles. The average molecular weight is 243 g/mol. The predicted molar refractivity (Wildman–Crippen MR) is 52.8 cm³/mol. The number of ether oxygens (including phenoxy) is 1. The van der Waals surface area contributed by atoms with Gasteiger partial charge < -0.3 is 4.74 Å². The van der Waals surface area contributed by atoms with E-state index in [-0.39, 0.29) is 5.88 Å². The van der Waals surface area contributed by atoms with Crippen LogP contribution in [0.4, 0.5) is 13.2 Å². The van der Waals surface area contributed by atoms with Crippen LogP contribution in [-0.2, 0) is 0 Å². The monoisotopic (exact) mass is 243 g/mol. The normalized spacial score (nSPS) is 10.9. The largest absolute Gasteiger partial charge is 0.479 e. The average Bonchev–Trinajstić information content (AvgIpc) is 2.73. The first kappa shape index (κ1) is 11.4. The van der Waals surface area contributed by atoms with Gasteiger partial charge in [-0.05, 0) is 24.3 Å². The maximum Gasteiger partial charge on any atom is 0.287 e. The SMILES string of the molecule is COc1c(C(F)F)nnn1-c1ccc(F)cc1. The third-order valence-electron chi connectivity index (χ3n) is 2.12. The molecule has 7 heteroatoms. The van der Waals surface area contributed by atoms with E-state index >= 15 is 0 Å². The highest BCUT2D eigenvalue weighted by Crippen LogP contribution is 2.28. The topological polar surface area (TPSA) is 39.9 Å². The van der Waals surface area contributed by atoms with E-state index in [1.807, 2.05) is 0 Å². The van der Waals surface area contributed by atoms with E-state index in [2.05, 4.69) is 10.3 Å². The number of methoxy groups -OCH3 is 1. The minimum atomic E-state index is -2.78. The summed E-state index contributed by atoms with van der Waals surface area (Å²) in [5.74, 6) is -0.589. The molecule has 17 heavy (non-hydrogen) atoms. The van der Waals surface area contributed by atoms with Crippen LogP contribution in [0.2, 0.25) is 0 Å². The van der Waals surface area contributed by atoms with Gasteiger partial charge in [0.2, 0.25) is 5.88 Å². The maximum atomic E-state index is 12.7. The van der Waals surface area contributed by atoms with Crippen LogP contribution < -0.4 is 4.74 Å². The molecule has 0 saturated carbocycles. The summed E-state index contributed by atoms with van der Waals surface area (Å²) in [6.45, 7) is 0. The van der Waals surface area contributed by atoms with E-state index in [1.165, 1.54) is 31.4 Å². The molecule has 90 valence electrons. The van der Waals surface area contributed by atoms with Gasteiger partial charge in [0, 0.05) is 0 Å². The van der Waals surface area contributed by atoms with Gasteiger partial charge in [-0.3, -0.25) is 0 Å². The smallest absolute Gasteiger partial charge is 0.287 e. The molecule has 0 unspecified atom stereocenters. The molecule has 1 aromatic carbocycles. The fraction of sp³-hybridized carbons (Fsp3) is 0.200. The molecule has 1 aromatic heterocycles. The lowest BCUT2D eigenvalue weighted by Gasteiger charge is -2.05. The van der Waals surface area contributed by atoms with Gasteiger partial charge in [-0.15, -0.1) is 5.10 Å². The number of benzene rings is 1. The number of nitrogens with zero attached hydrogens (tertiary/aromatic N) is 3. The molecule has 0 radical (unpaired) electrons. The number of alkyl halides is 2. The molecule has 0 aliphatic carbocycles. The first-order valence-corrected chi connectivity index (χ1v) is 4.67. The fourth-order valence-electron chi connectivity index (χ4n) is 1.36. The number of aromatic nitrogens is 3. The van der Waals surface area contributed by atoms with E-state index in [1.54, 1.807) is 0 Å². The molecule has 0 aliphatic heterocycles. The summed E-state index contributed by atoms with van der Waals surface area (Å²) in [6.07, 6.45) is -2.78. The summed E-state index contributed by atoms with van der Waals surface area (Å²) in [6, 6.07) is 5.17. The number of halogens is 3. The molecule has 0 aliphatic rings. The first-order chi connectivity index (χ1) is 8.13. The van der Waals surface area contributed by atoms with Gasteiger partial charge in [-0.25, -0.2) is 13.2 Å². The summed E-state index contributed by atoms with van der Waals surface area (Å²) in [7, 11) is 1.24. The van der Waals surface area contributed by atoms with Crippen molar-refractivity contribution in [3.8, 4) is 11.6 Å². The quantitative estimate of drug-likeness (QED) is 0.830. The molecule has 0 bridgehead atoms. The lowest BCUT2D eigenvalue weighted by Crippen LogP contribution is -2.01. The van der Waals surface area contributed by atoms with E-state index in [4.69, 9.17) is 4.74 Å². The Bertz CT molecular complexity index is 510. The van der Waals surface area contributed by atoms with Crippen LogP contribution >= 0.6 is 0 Å². The zero-order chi connectivity index (χ0) is 12.4. The lowest BCUT2D eigenvalue weighted by molar-refractivity contribution is 0.141. The van der Waals surface area contributed by atoms with Gasteiger partial charge in [0.1, 0.15) is 5.82 Å². The lowest BCUT2D eigenvalue weighted by atomic mass is 10.3. The number of hydrogen-bond acceptors (Lipinski definition) is 3. The van der Waals surface area contributed by atoms with Gasteiger partial charge in [0.05, 0.1) is 12.8 Å². The minimum Gasteiger partial charge on any atom is -0.479 e. The Morgan fingerprint density at radius 3 is 2.41 bits per heavy atom. The van der Waals surface area contributed by atoms with Crippen LogP contribution in [0.1, 0.15) is 12.1 Å². The Morgan fingerprint density at radius 2 is 1.88 bits per heavy atom. The third-order valence-corrected chi connectivity index (χ3v) is 2.12. The highest BCUT2D eigenvalue weighted by Gasteiger charge is 2.22. The highest BCUT2D eigenvalue weighted by atomic mass is 19.3. The molecular weight excluding hydrogens is 235 g/mol. The standard InChI is InChI=1S/C10H8F3N3O/c1-17-10-8(9(12)13)14-15-16(10)7-4-2-6(11)3-5-7/h2-5,9H,1H3. The first-order valence-electron chi connectivity index (χ1n) is 4.67. The fourth-order valence-corrected chi connectivity index (χ4v) is 1.36. The van der Waals surface area contributed by atoms with E-state index in [9.17, 15) is 13.2 Å². The molecule has 0 atom stereocenters. The number of rotatable bonds is 3. The summed E-state index contributed by atoms with van der Waals surface area (Å²) < 4.78 is 43.7. The summed E-state index contributed by atoms with van der Waals surface area (Å²) in [5.41, 5.74) is -0.153. The molecule has 0 fully saturated rings. The van der Waals surface area contributed by atoms with Crippen molar-refractivity contribution in [2.45, 2.75) is 6.43 Å². The summed E-state index contributed by atoms with van der Waals surface area (Å²) >= 11 is 0. The Labute approximate surface area is 94.6 Å². The van der Waals surface area contributed by atoms with Crippen molar-refractivity contribution in [3.63, 3.8) is 0 Å². The van der Waals surface area contributed by atoms with Gasteiger partial charge in [0.25, 0.3) is 6.43 Å². The second-order valence-corrected chi connectivity index (χ2v) is 3.17. The van der Waals surface area contributed by atoms with E-state index in [0.29, 0.717) is 5.69 Å². The summed E-state index contributed by atoms with van der Waals surface area (Å²) in [5, 5.41) is 6.88. The molecule has 0 spiro atoms. The summed E-state index contributed by atoms with van der Waals surface area (Å²) in [4.78, 5) is 0. The van der Waals surface area contributed by atoms with E-state index < -0.39 is 17.9 Å². The van der Waals surface area contributed by atoms with Crippen molar-refractivity contribution in [1.82, 2.24) is 15.0 Å². The van der Waals surface area contributed by atoms with Crippen LogP contribution in [0.25, 0.3) is 5.69 Å². The Kier molecular flexibility index (Phi) is 2.99. The van der Waals surface area contributed by atoms with Crippen molar-refractivity contribution in [3.05, 3.63) is 35.8 Å². The maximum absolute atomic E-state index is 12.7. The van der Waals surface area contributed by atoms with Gasteiger partial charge in [-0.2, -0.15) is 4.68 Å². The van der Waals surface area contributed by atoms with Crippen molar-refractivity contribution in [2.75, 3.05) is 7.11 Å². The molecule has 0 N–H and O–H groups in total. The van der Waals surface area contributed by atoms with Crippen LogP contribution in [0.5, 0.6) is 5.88 Å². The third kappa shape index (κ3) is 2.08. The van der Waals surface area contributed by atoms with Crippen molar-refractivity contribution < 1.29 is 17.9 Å². The molecule has 2 aromatic rings. The molecule has 4 nitrogen and oxygen atoms in total. The van der Waals surface area contributed by atoms with Crippen LogP contribution in [-0.4, -0.2) is 22.1 Å². The second-order valence-electron chi connectivity index (χ2n) is 3.17. The Morgan fingerprint density at radius 1 is 1.24 bits per heavy atom. The van der Waals surface area contributed by atoms with Crippen molar-refractivity contribution in [2.24, 2.45) is 0 Å². The molecule has 1 heterocycles. The van der Waals surface area contributed by atoms with Gasteiger partial charge in [0.15, 0.2) is 5.69 Å². The van der Waals surface area contributed by atoms with Gasteiger partial charge in [-0.1, -0.05) is 5.21 Å². The van der Waals surface area contributed by atoms with Crippen LogP contribution in [0.15, 0.2) is 24.3 Å². The van der Waals surface area contributed by atoms with E-state index in [0.717, 1.165) is 4.68 Å².